The van der Waals surface area contributed by atoms with Crippen molar-refractivity contribution in [1.82, 2.24) is 9.97 Å². The van der Waals surface area contributed by atoms with Gasteiger partial charge in [0.1, 0.15) is 36.7 Å². The molecule has 4 heterocycles. The van der Waals surface area contributed by atoms with Crippen molar-refractivity contribution in [3.05, 3.63) is 131 Å². The van der Waals surface area contributed by atoms with Crippen molar-refractivity contribution >= 4 is 23.7 Å². The van der Waals surface area contributed by atoms with Crippen LogP contribution >= 0.6 is 0 Å². The molecule has 2 aliphatic rings. The Labute approximate surface area is 248 Å². The fourth-order valence-electron chi connectivity index (χ4n) is 4.05. The van der Waals surface area contributed by atoms with Crippen molar-refractivity contribution < 1.29 is 48.8 Å². The average molecular weight is 636 g/mol. The second-order valence-corrected chi connectivity index (χ2v) is 8.73. The number of hydrogen-bond acceptors (Lipinski definition) is 10. The molecule has 0 saturated carbocycles. The molecule has 0 aliphatic carbocycles. The van der Waals surface area contributed by atoms with E-state index in [0.717, 1.165) is 23.3 Å². The summed E-state index contributed by atoms with van der Waals surface area (Å²) >= 11 is 0. The Kier molecular flexibility index (Phi) is 9.65. The third kappa shape index (κ3) is 7.26. The number of hydrogen-bond donors (Lipinski definition) is 0. The Morgan fingerprint density at radius 1 is 0.585 bits per heavy atom. The topological polar surface area (TPSA) is 149 Å². The maximum absolute atomic E-state index is 10.2. The van der Waals surface area contributed by atoms with Gasteiger partial charge in [0.05, 0.1) is 23.3 Å². The predicted molar refractivity (Wildman–Crippen MR) is 140 cm³/mol. The normalized spacial score (nSPS) is 17.0. The zero-order valence-corrected chi connectivity index (χ0v) is 23.1. The van der Waals surface area contributed by atoms with Crippen molar-refractivity contribution in [1.29, 1.82) is 0 Å². The number of aromatic nitrogens is 2. The van der Waals surface area contributed by atoms with Gasteiger partial charge in [-0.3, -0.25) is 0 Å². The summed E-state index contributed by atoms with van der Waals surface area (Å²) in [5.41, 5.74) is 2.84. The van der Waals surface area contributed by atoms with Crippen molar-refractivity contribution in [2.75, 3.05) is 13.2 Å². The average Bonchev–Trinajstić information content (AvgIpc) is 3.70. The van der Waals surface area contributed by atoms with Crippen LogP contribution in [0.2, 0.25) is 0 Å². The number of rotatable bonds is 6. The molecule has 2 aromatic carbocycles. The number of ether oxygens (including phenoxy) is 2. The maximum Gasteiger partial charge on any atom is 2.00 e. The molecule has 6 rings (SSSR count). The quantitative estimate of drug-likeness (QED) is 0.292. The van der Waals surface area contributed by atoms with Gasteiger partial charge < -0.3 is 29.3 Å². The molecule has 0 amide bonds. The summed E-state index contributed by atoms with van der Waals surface area (Å²) in [6.45, 7) is 1.05. The Morgan fingerprint density at radius 2 is 1.00 bits per heavy atom. The SMILES string of the molecule is O=C([O-])c1cccc(C(=O)[O-])n1.[Ru+2].c1ccc([C@H]2COC(c3cccc(C4=N[C@@H](c5ccccc5)CO4)n3)=N2)cc1. The summed E-state index contributed by atoms with van der Waals surface area (Å²) in [5.74, 6) is -1.90. The summed E-state index contributed by atoms with van der Waals surface area (Å²) in [5, 5.41) is 20.4. The van der Waals surface area contributed by atoms with E-state index in [9.17, 15) is 19.8 Å². The Balaban J connectivity index is 0.000000253. The first-order valence-electron chi connectivity index (χ1n) is 12.4. The first kappa shape index (κ1) is 29.2. The number of carbonyl (C=O) groups excluding carboxylic acids is 2. The fourth-order valence-corrected chi connectivity index (χ4v) is 4.05. The molecule has 0 N–H and O–H groups in total. The van der Waals surface area contributed by atoms with Crippen LogP contribution in [0.5, 0.6) is 0 Å². The number of nitrogens with zero attached hydrogens (tertiary/aromatic N) is 4. The summed E-state index contributed by atoms with van der Waals surface area (Å²) in [4.78, 5) is 37.7. The molecule has 0 radical (unpaired) electrons. The Hall–Kier alpha value is -4.76. The van der Waals surface area contributed by atoms with Crippen LogP contribution in [0.15, 0.2) is 107 Å². The molecule has 4 aromatic rings. The zero-order chi connectivity index (χ0) is 27.9. The molecule has 0 unspecified atom stereocenters. The molecule has 2 aromatic heterocycles. The number of aromatic carboxylic acids is 2. The number of benzene rings is 2. The van der Waals surface area contributed by atoms with Crippen LogP contribution in [0.4, 0.5) is 0 Å². The van der Waals surface area contributed by atoms with Crippen molar-refractivity contribution in [3.63, 3.8) is 0 Å². The molecular weight excluding hydrogens is 613 g/mol. The van der Waals surface area contributed by atoms with E-state index >= 15 is 0 Å². The van der Waals surface area contributed by atoms with E-state index < -0.39 is 23.3 Å². The summed E-state index contributed by atoms with van der Waals surface area (Å²) in [6.07, 6.45) is 0. The van der Waals surface area contributed by atoms with Gasteiger partial charge in [0.2, 0.25) is 11.8 Å². The minimum atomic E-state index is -1.52. The number of carboxylic acid groups (broad SMARTS) is 2. The smallest absolute Gasteiger partial charge is 0.543 e. The van der Waals surface area contributed by atoms with E-state index in [2.05, 4.69) is 34.2 Å². The third-order valence-electron chi connectivity index (χ3n) is 6.03. The van der Waals surface area contributed by atoms with E-state index in [4.69, 9.17) is 19.5 Å². The minimum Gasteiger partial charge on any atom is -0.543 e. The Bertz CT molecular complexity index is 1470. The van der Waals surface area contributed by atoms with Gasteiger partial charge in [0, 0.05) is 0 Å². The second-order valence-electron chi connectivity index (χ2n) is 8.73. The Morgan fingerprint density at radius 3 is 1.41 bits per heavy atom. The molecule has 10 nitrogen and oxygen atoms in total. The van der Waals surface area contributed by atoms with Crippen molar-refractivity contribution in [3.8, 4) is 0 Å². The van der Waals surface area contributed by atoms with E-state index in [1.54, 1.807) is 0 Å². The van der Waals surface area contributed by atoms with Crippen LogP contribution in [-0.2, 0) is 29.0 Å². The summed E-state index contributed by atoms with van der Waals surface area (Å²) in [7, 11) is 0. The first-order chi connectivity index (χ1) is 19.5. The van der Waals surface area contributed by atoms with Crippen LogP contribution in [-0.4, -0.2) is 46.9 Å². The van der Waals surface area contributed by atoms with Crippen LogP contribution in [0, 0.1) is 0 Å². The van der Waals surface area contributed by atoms with Gasteiger partial charge in [0.25, 0.3) is 0 Å². The minimum absolute atomic E-state index is 0. The molecule has 0 saturated heterocycles. The van der Waals surface area contributed by atoms with Gasteiger partial charge >= 0.3 is 19.5 Å². The maximum atomic E-state index is 10.2. The monoisotopic (exact) mass is 636 g/mol. The summed E-state index contributed by atoms with van der Waals surface area (Å²) < 4.78 is 11.6. The number of aliphatic imine (C=N–C) groups is 2. The second kappa shape index (κ2) is 13.5. The van der Waals surface area contributed by atoms with Gasteiger partial charge in [-0.2, -0.15) is 0 Å². The molecule has 0 spiro atoms. The molecule has 41 heavy (non-hydrogen) atoms. The molecular formula is C30H22N4O6Ru. The molecule has 11 heteroatoms. The first-order valence-corrected chi connectivity index (χ1v) is 12.4. The van der Waals surface area contributed by atoms with E-state index in [0.29, 0.717) is 36.4 Å². The molecule has 206 valence electrons. The molecule has 2 aliphatic heterocycles. The van der Waals surface area contributed by atoms with Gasteiger partial charge in [0.15, 0.2) is 0 Å². The van der Waals surface area contributed by atoms with E-state index in [1.807, 2.05) is 54.6 Å². The van der Waals surface area contributed by atoms with Crippen molar-refractivity contribution in [2.45, 2.75) is 12.1 Å². The third-order valence-corrected chi connectivity index (χ3v) is 6.03. The molecule has 2 atom stereocenters. The van der Waals surface area contributed by atoms with E-state index in [1.165, 1.54) is 6.07 Å². The fraction of sp³-hybridized carbons (Fsp3) is 0.133. The predicted octanol–water partition coefficient (Wildman–Crippen LogP) is 1.92. The van der Waals surface area contributed by atoms with Crippen LogP contribution in [0.3, 0.4) is 0 Å². The standard InChI is InChI=1S/C23H19N3O2.C7H5NO4.Ru/c1-3-8-16(9-4-1)20-14-27-22(25-20)18-12-7-13-19(24-18)23-26-21(15-28-23)17-10-5-2-6-11-17;9-6(10)4-2-1-3-5(8-4)7(11)12;/h1-13,20-21H,14-15H2;1-3H,(H,9,10)(H,11,12);/q;;+2/p-2/t20-,21-;;/m1../s1. The van der Waals surface area contributed by atoms with Gasteiger partial charge in [-0.05, 0) is 35.4 Å². The van der Waals surface area contributed by atoms with Gasteiger partial charge in [-0.25, -0.2) is 20.0 Å². The summed E-state index contributed by atoms with van der Waals surface area (Å²) in [6, 6.07) is 29.6. The van der Waals surface area contributed by atoms with Gasteiger partial charge in [-0.15, -0.1) is 0 Å². The van der Waals surface area contributed by atoms with Gasteiger partial charge in [-0.1, -0.05) is 72.8 Å². The largest absolute Gasteiger partial charge is 2.00 e. The van der Waals surface area contributed by atoms with Crippen molar-refractivity contribution in [2.24, 2.45) is 9.98 Å². The number of carboxylic acids is 2. The number of carbonyl (C=O) groups is 2. The van der Waals surface area contributed by atoms with Crippen LogP contribution < -0.4 is 10.2 Å². The van der Waals surface area contributed by atoms with E-state index in [-0.39, 0.29) is 31.6 Å². The zero-order valence-electron chi connectivity index (χ0n) is 21.4. The molecule has 0 bridgehead atoms. The van der Waals surface area contributed by atoms with Crippen LogP contribution in [0.25, 0.3) is 0 Å². The molecule has 0 fully saturated rings. The number of pyridine rings is 2. The van der Waals surface area contributed by atoms with Crippen LogP contribution in [0.1, 0.15) is 55.6 Å².